The molecule has 1 N–H and O–H groups in total. The molecule has 0 radical (unpaired) electrons. The van der Waals surface area contributed by atoms with Gasteiger partial charge in [0.15, 0.2) is 6.54 Å². The molecule has 0 aliphatic rings. The van der Waals surface area contributed by atoms with Crippen LogP contribution in [0.1, 0.15) is 29.4 Å². The van der Waals surface area contributed by atoms with Crippen molar-refractivity contribution in [2.24, 2.45) is 5.18 Å². The molecule has 0 saturated heterocycles. The Kier molecular flexibility index (Phi) is 3.71. The average Bonchev–Trinajstić information content (AvgIpc) is 2.74. The van der Waals surface area contributed by atoms with Gasteiger partial charge in [-0.2, -0.15) is 10.4 Å². The van der Waals surface area contributed by atoms with Gasteiger partial charge in [0.05, 0.1) is 11.6 Å². The molecule has 1 heterocycles. The van der Waals surface area contributed by atoms with E-state index >= 15 is 0 Å². The summed E-state index contributed by atoms with van der Waals surface area (Å²) in [6, 6.07) is 9.49. The number of nitriles is 1. The molecule has 0 fully saturated rings. The lowest BCUT2D eigenvalue weighted by Crippen LogP contribution is -2.39. The summed E-state index contributed by atoms with van der Waals surface area (Å²) in [5.41, 5.74) is 3.88. The van der Waals surface area contributed by atoms with E-state index in [4.69, 9.17) is 5.26 Å². The molecule has 2 aromatic rings. The van der Waals surface area contributed by atoms with Gasteiger partial charge >= 0.3 is 0 Å². The lowest BCUT2D eigenvalue weighted by Gasteiger charge is -1.97. The highest BCUT2D eigenvalue weighted by atomic mass is 16.3. The zero-order valence-electron chi connectivity index (χ0n) is 11.0. The van der Waals surface area contributed by atoms with Crippen molar-refractivity contribution in [2.45, 2.75) is 26.8 Å². The molecule has 5 heteroatoms. The average molecular weight is 255 g/mol. The standard InChI is InChI=1S/C14H14N4O/c1-3-13-14(17-19)10(2)16-18(13)9-12-6-4-11(8-15)5-7-12/h4-7H,3,9H2,1-2H3/p+1. The molecular weight excluding hydrogens is 240 g/mol. The fraction of sp³-hybridized carbons (Fsp3) is 0.286. The maximum Gasteiger partial charge on any atom is 0.237 e. The van der Waals surface area contributed by atoms with Crippen molar-refractivity contribution in [2.75, 3.05) is 0 Å². The number of benzene rings is 1. The normalized spacial score (nSPS) is 10.2. The SMILES string of the molecule is CCc1c(N=O)c(C)[nH][n+]1Cc1ccc(C#N)cc1. The lowest BCUT2D eigenvalue weighted by molar-refractivity contribution is -0.748. The summed E-state index contributed by atoms with van der Waals surface area (Å²) in [6.07, 6.45) is 0.738. The summed E-state index contributed by atoms with van der Waals surface area (Å²) in [4.78, 5) is 10.8. The first-order valence-corrected chi connectivity index (χ1v) is 6.13. The summed E-state index contributed by atoms with van der Waals surface area (Å²) in [5, 5.41) is 15.0. The Hall–Kier alpha value is -2.48. The van der Waals surface area contributed by atoms with Gasteiger partial charge in [0.1, 0.15) is 5.69 Å². The molecule has 0 bridgehead atoms. The Morgan fingerprint density at radius 2 is 2.05 bits per heavy atom. The van der Waals surface area contributed by atoms with Gasteiger partial charge in [0.25, 0.3) is 0 Å². The highest BCUT2D eigenvalue weighted by Crippen LogP contribution is 2.20. The maximum atomic E-state index is 10.8. The van der Waals surface area contributed by atoms with Crippen molar-refractivity contribution >= 4 is 5.69 Å². The minimum absolute atomic E-state index is 0.496. The number of nitrogens with one attached hydrogen (secondary N) is 1. The number of rotatable bonds is 4. The number of nitrogens with zero attached hydrogens (tertiary/aromatic N) is 3. The van der Waals surface area contributed by atoms with E-state index in [-0.39, 0.29) is 0 Å². The fourth-order valence-corrected chi connectivity index (χ4v) is 2.15. The molecule has 96 valence electrons. The number of aromatic nitrogens is 2. The smallest absolute Gasteiger partial charge is 0.192 e. The molecule has 0 aliphatic heterocycles. The first kappa shape index (κ1) is 13.0. The molecule has 0 amide bonds. The second-order valence-electron chi connectivity index (χ2n) is 4.37. The van der Waals surface area contributed by atoms with E-state index in [1.807, 2.05) is 30.7 Å². The minimum Gasteiger partial charge on any atom is -0.192 e. The first-order valence-electron chi connectivity index (χ1n) is 6.13. The highest BCUT2D eigenvalue weighted by molar-refractivity contribution is 5.43. The summed E-state index contributed by atoms with van der Waals surface area (Å²) in [5.74, 6) is 0. The Morgan fingerprint density at radius 1 is 1.37 bits per heavy atom. The van der Waals surface area contributed by atoms with Crippen molar-refractivity contribution in [1.29, 1.82) is 5.26 Å². The molecule has 0 saturated carbocycles. The van der Waals surface area contributed by atoms with E-state index < -0.39 is 0 Å². The summed E-state index contributed by atoms with van der Waals surface area (Å²) in [7, 11) is 0. The number of nitroso groups, excluding NO2 is 1. The van der Waals surface area contributed by atoms with Crippen molar-refractivity contribution in [3.63, 3.8) is 0 Å². The molecule has 0 spiro atoms. The van der Waals surface area contributed by atoms with Crippen LogP contribution in [0, 0.1) is 23.2 Å². The molecule has 0 aliphatic carbocycles. The summed E-state index contributed by atoms with van der Waals surface area (Å²) in [6.45, 7) is 4.46. The summed E-state index contributed by atoms with van der Waals surface area (Å²) < 4.78 is 1.92. The van der Waals surface area contributed by atoms with Gasteiger partial charge < -0.3 is 0 Å². The van der Waals surface area contributed by atoms with Crippen molar-refractivity contribution < 1.29 is 4.68 Å². The van der Waals surface area contributed by atoms with Gasteiger partial charge in [-0.05, 0) is 24.2 Å². The first-order chi connectivity index (χ1) is 9.19. The van der Waals surface area contributed by atoms with E-state index in [0.717, 1.165) is 23.4 Å². The molecule has 1 aromatic heterocycles. The van der Waals surface area contributed by atoms with Crippen LogP contribution in [0.25, 0.3) is 0 Å². The number of aryl methyl sites for hydroxylation is 1. The fourth-order valence-electron chi connectivity index (χ4n) is 2.15. The van der Waals surface area contributed by atoms with Gasteiger partial charge in [-0.3, -0.25) is 0 Å². The van der Waals surface area contributed by atoms with Gasteiger partial charge in [0.2, 0.25) is 11.4 Å². The van der Waals surface area contributed by atoms with Gasteiger partial charge in [0, 0.05) is 12.0 Å². The third-order valence-electron chi connectivity index (χ3n) is 3.11. The number of hydrogen-bond donors (Lipinski definition) is 1. The van der Waals surface area contributed by atoms with Crippen LogP contribution >= 0.6 is 0 Å². The molecule has 19 heavy (non-hydrogen) atoms. The van der Waals surface area contributed by atoms with Crippen molar-refractivity contribution in [3.8, 4) is 6.07 Å². The van der Waals surface area contributed by atoms with E-state index in [2.05, 4.69) is 16.3 Å². The molecule has 0 unspecified atom stereocenters. The van der Waals surface area contributed by atoms with Crippen LogP contribution in [0.3, 0.4) is 0 Å². The van der Waals surface area contributed by atoms with E-state index in [0.29, 0.717) is 17.8 Å². The number of hydrogen-bond acceptors (Lipinski definition) is 3. The summed E-state index contributed by atoms with van der Waals surface area (Å²) >= 11 is 0. The van der Waals surface area contributed by atoms with Gasteiger partial charge in [-0.1, -0.05) is 19.1 Å². The van der Waals surface area contributed by atoms with Gasteiger partial charge in [-0.25, -0.2) is 0 Å². The predicted octanol–water partition coefficient (Wildman–Crippen LogP) is 2.49. The van der Waals surface area contributed by atoms with E-state index in [1.54, 1.807) is 12.1 Å². The van der Waals surface area contributed by atoms with Crippen LogP contribution < -0.4 is 4.68 Å². The van der Waals surface area contributed by atoms with Crippen LogP contribution in [-0.4, -0.2) is 5.10 Å². The Labute approximate surface area is 111 Å². The van der Waals surface area contributed by atoms with E-state index in [1.165, 1.54) is 0 Å². The minimum atomic E-state index is 0.496. The van der Waals surface area contributed by atoms with Gasteiger partial charge in [-0.15, -0.1) is 9.59 Å². The highest BCUT2D eigenvalue weighted by Gasteiger charge is 2.22. The zero-order valence-corrected chi connectivity index (χ0v) is 11.0. The number of aromatic amines is 1. The van der Waals surface area contributed by atoms with Crippen molar-refractivity contribution in [3.05, 3.63) is 51.7 Å². The largest absolute Gasteiger partial charge is 0.237 e. The maximum absolute atomic E-state index is 10.8. The topological polar surface area (TPSA) is 72.9 Å². The molecular formula is C14H15N4O+. The quantitative estimate of drug-likeness (QED) is 0.673. The molecule has 1 aromatic carbocycles. The van der Waals surface area contributed by atoms with Crippen LogP contribution in [0.4, 0.5) is 5.69 Å². The second kappa shape index (κ2) is 5.44. The third-order valence-corrected chi connectivity index (χ3v) is 3.11. The van der Waals surface area contributed by atoms with Crippen LogP contribution in [0.15, 0.2) is 29.4 Å². The second-order valence-corrected chi connectivity index (χ2v) is 4.37. The lowest BCUT2D eigenvalue weighted by atomic mass is 10.1. The molecule has 2 rings (SSSR count). The Bertz CT molecular complexity index is 635. The zero-order chi connectivity index (χ0) is 13.8. The Morgan fingerprint density at radius 3 is 2.58 bits per heavy atom. The monoisotopic (exact) mass is 255 g/mol. The predicted molar refractivity (Wildman–Crippen MR) is 70.8 cm³/mol. The number of H-pyrrole nitrogens is 1. The van der Waals surface area contributed by atoms with Crippen molar-refractivity contribution in [1.82, 2.24) is 5.10 Å². The van der Waals surface area contributed by atoms with Crippen LogP contribution in [0.5, 0.6) is 0 Å². The van der Waals surface area contributed by atoms with Crippen LogP contribution in [-0.2, 0) is 13.0 Å². The van der Waals surface area contributed by atoms with Crippen LogP contribution in [0.2, 0.25) is 0 Å². The molecule has 5 nitrogen and oxygen atoms in total. The Balaban J connectivity index is 2.32. The van der Waals surface area contributed by atoms with E-state index in [9.17, 15) is 4.91 Å². The molecule has 0 atom stereocenters. The third kappa shape index (κ3) is 2.52.